The Morgan fingerprint density at radius 3 is 0.860 bits per heavy atom. The van der Waals surface area contributed by atoms with Crippen molar-refractivity contribution in [2.45, 2.75) is 0 Å². The molecule has 0 heterocycles. The third kappa shape index (κ3) is 4.93. The fourth-order valence-electron chi connectivity index (χ4n) is 7.70. The monoisotopic (exact) mass is 632 g/mol. The van der Waals surface area contributed by atoms with Gasteiger partial charge in [-0.2, -0.15) is 0 Å². The fraction of sp³-hybridized carbons (Fsp3) is 0. The van der Waals surface area contributed by atoms with E-state index in [2.05, 4.69) is 194 Å². The molecular weight excluding hydrogens is 601 g/mol. The first-order chi connectivity index (χ1) is 24.7. The van der Waals surface area contributed by atoms with Crippen molar-refractivity contribution in [3.8, 4) is 44.5 Å². The lowest BCUT2D eigenvalue weighted by atomic mass is 9.94. The first kappa shape index (κ1) is 28.5. The molecule has 10 rings (SSSR count). The summed E-state index contributed by atoms with van der Waals surface area (Å²) in [6.45, 7) is 0. The molecule has 0 aromatic heterocycles. The molecule has 0 unspecified atom stereocenters. The predicted molar refractivity (Wildman–Crippen MR) is 216 cm³/mol. The number of hydrogen-bond acceptors (Lipinski definition) is 0. The molecule has 0 spiro atoms. The van der Waals surface area contributed by atoms with E-state index < -0.39 is 0 Å². The number of fused-ring (bicyclic) bond motifs is 7. The van der Waals surface area contributed by atoms with Gasteiger partial charge in [-0.3, -0.25) is 0 Å². The Morgan fingerprint density at radius 1 is 0.160 bits per heavy atom. The van der Waals surface area contributed by atoms with Crippen molar-refractivity contribution in [1.29, 1.82) is 0 Å². The minimum absolute atomic E-state index is 1.22. The molecule has 0 nitrogen and oxygen atoms in total. The van der Waals surface area contributed by atoms with Gasteiger partial charge in [0.1, 0.15) is 0 Å². The Morgan fingerprint density at radius 2 is 0.420 bits per heavy atom. The van der Waals surface area contributed by atoms with Crippen LogP contribution in [-0.4, -0.2) is 0 Å². The van der Waals surface area contributed by atoms with Crippen LogP contribution in [0, 0.1) is 0 Å². The molecule has 0 heteroatoms. The first-order valence-corrected chi connectivity index (χ1v) is 17.3. The van der Waals surface area contributed by atoms with Gasteiger partial charge in [0, 0.05) is 0 Å². The molecular formula is C50H32. The van der Waals surface area contributed by atoms with E-state index in [1.807, 2.05) is 0 Å². The quantitative estimate of drug-likeness (QED) is 0.169. The van der Waals surface area contributed by atoms with Crippen LogP contribution >= 0.6 is 0 Å². The molecule has 0 amide bonds. The Labute approximate surface area is 291 Å². The van der Waals surface area contributed by atoms with Gasteiger partial charge in [0.05, 0.1) is 0 Å². The third-order valence-electron chi connectivity index (χ3n) is 10.4. The normalized spacial score (nSPS) is 11.6. The van der Waals surface area contributed by atoms with Crippen LogP contribution in [0.25, 0.3) is 98.4 Å². The van der Waals surface area contributed by atoms with Crippen molar-refractivity contribution < 1.29 is 0 Å². The third-order valence-corrected chi connectivity index (χ3v) is 10.4. The summed E-state index contributed by atoms with van der Waals surface area (Å²) in [6.07, 6.45) is 0. The maximum Gasteiger partial charge on any atom is -0.0105 e. The number of hydrogen-bond donors (Lipinski definition) is 0. The largest absolute Gasteiger partial charge is 0.0616 e. The molecule has 0 aliphatic heterocycles. The Balaban J connectivity index is 0.890. The van der Waals surface area contributed by atoms with E-state index in [4.69, 9.17) is 0 Å². The standard InChI is InChI=1S/C50H32/c1-3-7-47-37(5-1)17-23-45-31-40(25-27-49(45)47)36-15-11-34(12-16-36)33-9-13-35(14-10-33)39-19-20-42-30-43(22-21-41(42)29-39)44-26-28-50-46(32-44)24-18-38-6-2-4-8-48(38)50/h1-32H. The van der Waals surface area contributed by atoms with Crippen molar-refractivity contribution in [2.24, 2.45) is 0 Å². The van der Waals surface area contributed by atoms with Gasteiger partial charge in [-0.1, -0.05) is 170 Å². The molecule has 0 fully saturated rings. The second-order valence-corrected chi connectivity index (χ2v) is 13.4. The van der Waals surface area contributed by atoms with Crippen LogP contribution in [0.4, 0.5) is 0 Å². The van der Waals surface area contributed by atoms with Crippen molar-refractivity contribution >= 4 is 53.9 Å². The molecule has 0 radical (unpaired) electrons. The molecule has 0 saturated heterocycles. The zero-order chi connectivity index (χ0) is 33.0. The van der Waals surface area contributed by atoms with Gasteiger partial charge in [0.25, 0.3) is 0 Å². The minimum atomic E-state index is 1.22. The van der Waals surface area contributed by atoms with Crippen LogP contribution in [0.3, 0.4) is 0 Å². The topological polar surface area (TPSA) is 0 Å². The lowest BCUT2D eigenvalue weighted by Gasteiger charge is -2.10. The number of rotatable bonds is 4. The van der Waals surface area contributed by atoms with Crippen LogP contribution in [0.5, 0.6) is 0 Å². The Kier molecular flexibility index (Phi) is 6.60. The van der Waals surface area contributed by atoms with E-state index in [1.54, 1.807) is 0 Å². The van der Waals surface area contributed by atoms with E-state index >= 15 is 0 Å². The second kappa shape index (κ2) is 11.6. The molecule has 0 atom stereocenters. The second-order valence-electron chi connectivity index (χ2n) is 13.4. The van der Waals surface area contributed by atoms with Crippen LogP contribution < -0.4 is 0 Å². The van der Waals surface area contributed by atoms with E-state index in [0.29, 0.717) is 0 Å². The summed E-state index contributed by atoms with van der Waals surface area (Å²) in [5, 5.41) is 12.8. The summed E-state index contributed by atoms with van der Waals surface area (Å²) in [4.78, 5) is 0. The highest BCUT2D eigenvalue weighted by Gasteiger charge is 2.08. The van der Waals surface area contributed by atoms with Gasteiger partial charge in [0.2, 0.25) is 0 Å². The fourth-order valence-corrected chi connectivity index (χ4v) is 7.70. The maximum absolute atomic E-state index is 2.32. The first-order valence-electron chi connectivity index (χ1n) is 17.3. The van der Waals surface area contributed by atoms with Gasteiger partial charge in [-0.05, 0) is 123 Å². The molecule has 50 heavy (non-hydrogen) atoms. The summed E-state index contributed by atoms with van der Waals surface area (Å²) in [5.74, 6) is 0. The van der Waals surface area contributed by atoms with Gasteiger partial charge in [0.15, 0.2) is 0 Å². The molecule has 0 bridgehead atoms. The van der Waals surface area contributed by atoms with Gasteiger partial charge in [-0.15, -0.1) is 0 Å². The van der Waals surface area contributed by atoms with E-state index in [0.717, 1.165) is 0 Å². The predicted octanol–water partition coefficient (Wildman–Crippen LogP) is 14.1. The zero-order valence-corrected chi connectivity index (χ0v) is 27.5. The van der Waals surface area contributed by atoms with Crippen molar-refractivity contribution in [1.82, 2.24) is 0 Å². The van der Waals surface area contributed by atoms with Gasteiger partial charge >= 0.3 is 0 Å². The number of benzene rings is 10. The lowest BCUT2D eigenvalue weighted by molar-refractivity contribution is 1.59. The van der Waals surface area contributed by atoms with Crippen LogP contribution in [-0.2, 0) is 0 Å². The Bertz CT molecular complexity index is 2890. The lowest BCUT2D eigenvalue weighted by Crippen LogP contribution is -1.84. The van der Waals surface area contributed by atoms with Crippen molar-refractivity contribution in [2.75, 3.05) is 0 Å². The average molecular weight is 633 g/mol. The van der Waals surface area contributed by atoms with E-state index in [-0.39, 0.29) is 0 Å². The summed E-state index contributed by atoms with van der Waals surface area (Å²) < 4.78 is 0. The molecule has 10 aromatic rings. The maximum atomic E-state index is 2.32. The molecule has 0 aliphatic carbocycles. The van der Waals surface area contributed by atoms with Crippen LogP contribution in [0.2, 0.25) is 0 Å². The zero-order valence-electron chi connectivity index (χ0n) is 27.5. The molecule has 10 aromatic carbocycles. The van der Waals surface area contributed by atoms with E-state index in [9.17, 15) is 0 Å². The van der Waals surface area contributed by atoms with Crippen molar-refractivity contribution in [3.05, 3.63) is 194 Å². The summed E-state index contributed by atoms with van der Waals surface area (Å²) in [5.41, 5.74) is 9.85. The Hall–Kier alpha value is -6.50. The highest BCUT2D eigenvalue weighted by molar-refractivity contribution is 6.09. The van der Waals surface area contributed by atoms with Gasteiger partial charge < -0.3 is 0 Å². The summed E-state index contributed by atoms with van der Waals surface area (Å²) in [6, 6.07) is 71.3. The SMILES string of the molecule is c1ccc2c(c1)ccc1cc(-c3ccc(-c4ccc(-c5ccc6cc(-c7ccc8c(ccc9ccccc98)c7)ccc6c5)cc4)cc3)ccc12. The van der Waals surface area contributed by atoms with Crippen molar-refractivity contribution in [3.63, 3.8) is 0 Å². The molecule has 0 saturated carbocycles. The van der Waals surface area contributed by atoms with E-state index in [1.165, 1.54) is 98.4 Å². The smallest absolute Gasteiger partial charge is 0.0105 e. The molecule has 0 N–H and O–H groups in total. The van der Waals surface area contributed by atoms with Crippen LogP contribution in [0.1, 0.15) is 0 Å². The minimum Gasteiger partial charge on any atom is -0.0616 e. The highest BCUT2D eigenvalue weighted by Crippen LogP contribution is 2.34. The van der Waals surface area contributed by atoms with Crippen LogP contribution in [0.15, 0.2) is 194 Å². The summed E-state index contributed by atoms with van der Waals surface area (Å²) in [7, 11) is 0. The summed E-state index contributed by atoms with van der Waals surface area (Å²) >= 11 is 0. The van der Waals surface area contributed by atoms with Gasteiger partial charge in [-0.25, -0.2) is 0 Å². The molecule has 232 valence electrons. The highest BCUT2D eigenvalue weighted by atomic mass is 14.1. The molecule has 0 aliphatic rings. The average Bonchev–Trinajstić information content (AvgIpc) is 3.20.